The molecule has 0 spiro atoms. The van der Waals surface area contributed by atoms with E-state index < -0.39 is 0 Å². The summed E-state index contributed by atoms with van der Waals surface area (Å²) in [5, 5.41) is 19.1. The van der Waals surface area contributed by atoms with Crippen molar-refractivity contribution >= 4 is 5.91 Å². The van der Waals surface area contributed by atoms with Gasteiger partial charge in [-0.1, -0.05) is 36.4 Å². The smallest absolute Gasteiger partial charge is 0.254 e. The Morgan fingerprint density at radius 2 is 1.89 bits per heavy atom. The highest BCUT2D eigenvalue weighted by atomic mass is 16.3. The van der Waals surface area contributed by atoms with E-state index in [9.17, 15) is 15.0 Å². The van der Waals surface area contributed by atoms with E-state index in [1.807, 2.05) is 11.0 Å². The van der Waals surface area contributed by atoms with Gasteiger partial charge in [-0.15, -0.1) is 0 Å². The van der Waals surface area contributed by atoms with Gasteiger partial charge in [-0.25, -0.2) is 0 Å². The number of carbonyl (C=O) groups excluding carboxylic acids is 1. The Balaban J connectivity index is 1.56. The Morgan fingerprint density at radius 3 is 2.63 bits per heavy atom. The normalized spacial score (nSPS) is 17.8. The summed E-state index contributed by atoms with van der Waals surface area (Å²) in [7, 11) is 0. The Hall–Kier alpha value is -2.37. The van der Waals surface area contributed by atoms with E-state index in [0.717, 1.165) is 25.9 Å². The highest BCUT2D eigenvalue weighted by molar-refractivity contribution is 5.94. The zero-order chi connectivity index (χ0) is 19.1. The molecule has 1 aliphatic heterocycles. The molecule has 144 valence electrons. The van der Waals surface area contributed by atoms with Crippen LogP contribution in [0.25, 0.3) is 0 Å². The maximum Gasteiger partial charge on any atom is 0.254 e. The fourth-order valence-electron chi connectivity index (χ4n) is 3.75. The van der Waals surface area contributed by atoms with E-state index in [1.165, 1.54) is 11.6 Å². The summed E-state index contributed by atoms with van der Waals surface area (Å²) < 4.78 is 0. The number of hydrogen-bond acceptors (Lipinski definition) is 4. The first-order valence-electron chi connectivity index (χ1n) is 9.64. The molecule has 0 aromatic heterocycles. The molecule has 0 bridgehead atoms. The molecule has 5 heteroatoms. The van der Waals surface area contributed by atoms with Gasteiger partial charge in [-0.3, -0.25) is 9.69 Å². The van der Waals surface area contributed by atoms with E-state index >= 15 is 0 Å². The molecule has 0 saturated carbocycles. The molecule has 1 heterocycles. The second kappa shape index (κ2) is 9.53. The van der Waals surface area contributed by atoms with Crippen LogP contribution in [0.3, 0.4) is 0 Å². The lowest BCUT2D eigenvalue weighted by Crippen LogP contribution is -2.55. The number of aromatic hydroxyl groups is 1. The van der Waals surface area contributed by atoms with Crippen molar-refractivity contribution in [3.63, 3.8) is 0 Å². The standard InChI is InChI=1S/C22H28N2O3/c25-15-11-20-17-24(22(27)19-9-4-10-21(26)16-19)14-13-23(20)12-5-8-18-6-2-1-3-7-18/h1-4,6-7,9-10,16,20,25-26H,5,8,11-15,17H2. The number of aliphatic hydroxyl groups excluding tert-OH is 1. The van der Waals surface area contributed by atoms with E-state index in [4.69, 9.17) is 0 Å². The SMILES string of the molecule is O=C(c1cccc(O)c1)N1CCN(CCCc2ccccc2)C(CCO)C1. The van der Waals surface area contributed by atoms with Crippen molar-refractivity contribution in [2.75, 3.05) is 32.8 Å². The fourth-order valence-corrected chi connectivity index (χ4v) is 3.75. The Bertz CT molecular complexity index is 735. The van der Waals surface area contributed by atoms with E-state index in [2.05, 4.69) is 29.2 Å². The van der Waals surface area contributed by atoms with Crippen molar-refractivity contribution in [2.24, 2.45) is 0 Å². The Morgan fingerprint density at radius 1 is 1.07 bits per heavy atom. The van der Waals surface area contributed by atoms with Crippen molar-refractivity contribution in [1.29, 1.82) is 0 Å². The molecule has 2 N–H and O–H groups in total. The lowest BCUT2D eigenvalue weighted by molar-refractivity contribution is 0.0419. The number of hydrogen-bond donors (Lipinski definition) is 2. The number of piperazine rings is 1. The molecule has 1 atom stereocenters. The van der Waals surface area contributed by atoms with E-state index in [0.29, 0.717) is 25.1 Å². The van der Waals surface area contributed by atoms with Gasteiger partial charge in [0.1, 0.15) is 5.75 Å². The van der Waals surface area contributed by atoms with Crippen LogP contribution in [0.2, 0.25) is 0 Å². The number of phenolic OH excluding ortho intramolecular Hbond substituents is 1. The summed E-state index contributed by atoms with van der Waals surface area (Å²) in [4.78, 5) is 17.0. The molecule has 1 fully saturated rings. The molecule has 1 aliphatic rings. The summed E-state index contributed by atoms with van der Waals surface area (Å²) in [6, 6.07) is 17.1. The van der Waals surface area contributed by atoms with Crippen LogP contribution in [0.15, 0.2) is 54.6 Å². The van der Waals surface area contributed by atoms with Crippen LogP contribution >= 0.6 is 0 Å². The highest BCUT2D eigenvalue weighted by Gasteiger charge is 2.29. The Labute approximate surface area is 160 Å². The molecule has 1 amide bonds. The van der Waals surface area contributed by atoms with Crippen LogP contribution < -0.4 is 0 Å². The van der Waals surface area contributed by atoms with Crippen LogP contribution in [0, 0.1) is 0 Å². The van der Waals surface area contributed by atoms with Crippen molar-refractivity contribution in [3.8, 4) is 5.75 Å². The van der Waals surface area contributed by atoms with Crippen LogP contribution in [-0.2, 0) is 6.42 Å². The summed E-state index contributed by atoms with van der Waals surface area (Å²) in [6.45, 7) is 3.17. The number of benzene rings is 2. The summed E-state index contributed by atoms with van der Waals surface area (Å²) in [6.07, 6.45) is 2.76. The number of carbonyl (C=O) groups is 1. The minimum atomic E-state index is -0.0576. The van der Waals surface area contributed by atoms with Gasteiger partial charge in [-0.05, 0) is 49.6 Å². The number of nitrogens with zero attached hydrogens (tertiary/aromatic N) is 2. The molecule has 1 unspecified atom stereocenters. The lowest BCUT2D eigenvalue weighted by Gasteiger charge is -2.41. The molecule has 2 aromatic rings. The fraction of sp³-hybridized carbons (Fsp3) is 0.409. The number of phenols is 1. The van der Waals surface area contributed by atoms with Gasteiger partial charge in [0.25, 0.3) is 5.91 Å². The van der Waals surface area contributed by atoms with Crippen LogP contribution in [0.1, 0.15) is 28.8 Å². The zero-order valence-corrected chi connectivity index (χ0v) is 15.6. The summed E-state index contributed by atoms with van der Waals surface area (Å²) in [5.74, 6) is 0.0464. The van der Waals surface area contributed by atoms with Crippen molar-refractivity contribution in [3.05, 3.63) is 65.7 Å². The molecule has 5 nitrogen and oxygen atoms in total. The first-order valence-corrected chi connectivity index (χ1v) is 9.64. The molecule has 27 heavy (non-hydrogen) atoms. The predicted molar refractivity (Wildman–Crippen MR) is 106 cm³/mol. The Kier molecular flexibility index (Phi) is 6.85. The van der Waals surface area contributed by atoms with Gasteiger partial charge in [-0.2, -0.15) is 0 Å². The van der Waals surface area contributed by atoms with Crippen molar-refractivity contribution in [2.45, 2.75) is 25.3 Å². The topological polar surface area (TPSA) is 64.0 Å². The van der Waals surface area contributed by atoms with Gasteiger partial charge in [0, 0.05) is 37.8 Å². The number of rotatable bonds is 7. The molecular formula is C22H28N2O3. The maximum absolute atomic E-state index is 12.7. The third-order valence-electron chi connectivity index (χ3n) is 5.20. The number of amides is 1. The lowest BCUT2D eigenvalue weighted by atomic mass is 10.0. The summed E-state index contributed by atoms with van der Waals surface area (Å²) in [5.41, 5.74) is 1.85. The average Bonchev–Trinajstić information content (AvgIpc) is 2.69. The highest BCUT2D eigenvalue weighted by Crippen LogP contribution is 2.18. The molecule has 3 rings (SSSR count). The van der Waals surface area contributed by atoms with E-state index in [-0.39, 0.29) is 24.3 Å². The molecule has 1 saturated heterocycles. The van der Waals surface area contributed by atoms with E-state index in [1.54, 1.807) is 18.2 Å². The van der Waals surface area contributed by atoms with Crippen LogP contribution in [0.5, 0.6) is 5.75 Å². The largest absolute Gasteiger partial charge is 0.508 e. The number of aryl methyl sites for hydroxylation is 1. The van der Waals surface area contributed by atoms with Gasteiger partial charge in [0.05, 0.1) is 0 Å². The van der Waals surface area contributed by atoms with Gasteiger partial charge < -0.3 is 15.1 Å². The van der Waals surface area contributed by atoms with Crippen molar-refractivity contribution < 1.29 is 15.0 Å². The molecule has 2 aromatic carbocycles. The number of aliphatic hydroxyl groups is 1. The monoisotopic (exact) mass is 368 g/mol. The minimum Gasteiger partial charge on any atom is -0.508 e. The first kappa shape index (κ1) is 19.4. The third-order valence-corrected chi connectivity index (χ3v) is 5.20. The average molecular weight is 368 g/mol. The quantitative estimate of drug-likeness (QED) is 0.788. The zero-order valence-electron chi connectivity index (χ0n) is 15.6. The molecule has 0 aliphatic carbocycles. The van der Waals surface area contributed by atoms with Gasteiger partial charge in [0.15, 0.2) is 0 Å². The minimum absolute atomic E-state index is 0.0576. The molecular weight excluding hydrogens is 340 g/mol. The third kappa shape index (κ3) is 5.31. The second-order valence-corrected chi connectivity index (χ2v) is 7.09. The van der Waals surface area contributed by atoms with Crippen LogP contribution in [-0.4, -0.2) is 64.7 Å². The maximum atomic E-state index is 12.7. The second-order valence-electron chi connectivity index (χ2n) is 7.09. The predicted octanol–water partition coefficient (Wildman–Crippen LogP) is 2.53. The first-order chi connectivity index (χ1) is 13.2. The van der Waals surface area contributed by atoms with Gasteiger partial charge >= 0.3 is 0 Å². The van der Waals surface area contributed by atoms with Crippen molar-refractivity contribution in [1.82, 2.24) is 9.80 Å². The molecule has 0 radical (unpaired) electrons. The van der Waals surface area contributed by atoms with Crippen LogP contribution in [0.4, 0.5) is 0 Å². The van der Waals surface area contributed by atoms with Gasteiger partial charge in [0.2, 0.25) is 0 Å². The summed E-state index contributed by atoms with van der Waals surface area (Å²) >= 11 is 0.